The Kier molecular flexibility index (Phi) is 4.98. The van der Waals surface area contributed by atoms with E-state index in [4.69, 9.17) is 16.0 Å². The smallest absolute Gasteiger partial charge is 0.109 e. The van der Waals surface area contributed by atoms with E-state index in [1.807, 2.05) is 6.07 Å². The van der Waals surface area contributed by atoms with Crippen molar-refractivity contribution in [3.63, 3.8) is 0 Å². The standard InChI is InChI=1S/C17H24N4/c1-3-8-16-20-14-9-4-5-10-15(14)21(16)12-7-6-11-17(2,19)13-18/h4-5,9-10H,3,6-8,11-12,19H2,1-2H3. The van der Waals surface area contributed by atoms with Crippen molar-refractivity contribution in [3.8, 4) is 6.07 Å². The van der Waals surface area contributed by atoms with E-state index in [-0.39, 0.29) is 0 Å². The number of imidazole rings is 1. The van der Waals surface area contributed by atoms with E-state index in [0.717, 1.165) is 50.0 Å². The maximum Gasteiger partial charge on any atom is 0.109 e. The van der Waals surface area contributed by atoms with Gasteiger partial charge in [-0.3, -0.25) is 0 Å². The molecule has 0 spiro atoms. The van der Waals surface area contributed by atoms with Gasteiger partial charge in [-0.05, 0) is 44.7 Å². The molecule has 1 aromatic carbocycles. The van der Waals surface area contributed by atoms with Crippen molar-refractivity contribution in [3.05, 3.63) is 30.1 Å². The molecule has 0 amide bonds. The van der Waals surface area contributed by atoms with Crippen LogP contribution in [-0.4, -0.2) is 15.1 Å². The molecule has 1 unspecified atom stereocenters. The van der Waals surface area contributed by atoms with Crippen LogP contribution in [0.25, 0.3) is 11.0 Å². The van der Waals surface area contributed by atoms with Gasteiger partial charge in [0.15, 0.2) is 0 Å². The molecule has 0 aliphatic heterocycles. The summed E-state index contributed by atoms with van der Waals surface area (Å²) in [6.45, 7) is 4.91. The van der Waals surface area contributed by atoms with Gasteiger partial charge in [0, 0.05) is 13.0 Å². The minimum atomic E-state index is -0.705. The highest BCUT2D eigenvalue weighted by Crippen LogP contribution is 2.19. The predicted octanol–water partition coefficient (Wildman–Crippen LogP) is 3.40. The fourth-order valence-electron chi connectivity index (χ4n) is 2.61. The van der Waals surface area contributed by atoms with Gasteiger partial charge in [-0.15, -0.1) is 0 Å². The molecule has 4 nitrogen and oxygen atoms in total. The van der Waals surface area contributed by atoms with Crippen molar-refractivity contribution >= 4 is 11.0 Å². The van der Waals surface area contributed by atoms with Gasteiger partial charge in [0.2, 0.25) is 0 Å². The average molecular weight is 284 g/mol. The molecule has 2 N–H and O–H groups in total. The summed E-state index contributed by atoms with van der Waals surface area (Å²) in [6.07, 6.45) is 4.81. The third kappa shape index (κ3) is 3.83. The van der Waals surface area contributed by atoms with Crippen molar-refractivity contribution in [2.24, 2.45) is 5.73 Å². The number of nitrogens with zero attached hydrogens (tertiary/aromatic N) is 3. The van der Waals surface area contributed by atoms with E-state index < -0.39 is 5.54 Å². The number of rotatable bonds is 7. The highest BCUT2D eigenvalue weighted by Gasteiger charge is 2.16. The Bertz CT molecular complexity index is 634. The number of para-hydroxylation sites is 2. The summed E-state index contributed by atoms with van der Waals surface area (Å²) < 4.78 is 2.32. The van der Waals surface area contributed by atoms with Gasteiger partial charge in [-0.1, -0.05) is 19.1 Å². The second kappa shape index (κ2) is 6.73. The molecular formula is C17H24N4. The lowest BCUT2D eigenvalue weighted by Crippen LogP contribution is -2.33. The molecule has 1 atom stereocenters. The van der Waals surface area contributed by atoms with E-state index in [0.29, 0.717) is 0 Å². The Morgan fingerprint density at radius 1 is 1.33 bits per heavy atom. The molecule has 0 saturated heterocycles. The minimum Gasteiger partial charge on any atom is -0.328 e. The summed E-state index contributed by atoms with van der Waals surface area (Å²) in [4.78, 5) is 4.73. The lowest BCUT2D eigenvalue weighted by atomic mass is 9.98. The Hall–Kier alpha value is -1.86. The highest BCUT2D eigenvalue weighted by molar-refractivity contribution is 5.75. The van der Waals surface area contributed by atoms with Crippen molar-refractivity contribution in [1.82, 2.24) is 9.55 Å². The molecule has 0 fully saturated rings. The van der Waals surface area contributed by atoms with Crippen LogP contribution in [0, 0.1) is 11.3 Å². The molecule has 1 heterocycles. The van der Waals surface area contributed by atoms with Gasteiger partial charge >= 0.3 is 0 Å². The fourth-order valence-corrected chi connectivity index (χ4v) is 2.61. The first-order valence-electron chi connectivity index (χ1n) is 7.71. The van der Waals surface area contributed by atoms with Crippen LogP contribution in [0.1, 0.15) is 45.4 Å². The van der Waals surface area contributed by atoms with Crippen LogP contribution >= 0.6 is 0 Å². The molecular weight excluding hydrogens is 260 g/mol. The Labute approximate surface area is 126 Å². The van der Waals surface area contributed by atoms with Gasteiger partial charge in [0.1, 0.15) is 11.4 Å². The summed E-state index contributed by atoms with van der Waals surface area (Å²) in [5.41, 5.74) is 7.43. The zero-order chi connectivity index (χ0) is 15.3. The lowest BCUT2D eigenvalue weighted by Gasteiger charge is -2.15. The maximum atomic E-state index is 8.94. The van der Waals surface area contributed by atoms with Gasteiger partial charge in [0.25, 0.3) is 0 Å². The SMILES string of the molecule is CCCc1nc2ccccc2n1CCCCC(C)(N)C#N. The fraction of sp³-hybridized carbons (Fsp3) is 0.529. The van der Waals surface area contributed by atoms with Crippen LogP contribution in [-0.2, 0) is 13.0 Å². The van der Waals surface area contributed by atoms with E-state index in [1.165, 1.54) is 5.52 Å². The molecule has 4 heteroatoms. The first kappa shape index (κ1) is 15.5. The third-order valence-electron chi connectivity index (χ3n) is 3.79. The molecule has 0 aliphatic carbocycles. The van der Waals surface area contributed by atoms with Crippen molar-refractivity contribution < 1.29 is 0 Å². The molecule has 0 radical (unpaired) electrons. The topological polar surface area (TPSA) is 67.6 Å². The number of nitriles is 1. The number of unbranched alkanes of at least 4 members (excludes halogenated alkanes) is 1. The van der Waals surface area contributed by atoms with Crippen molar-refractivity contribution in [1.29, 1.82) is 5.26 Å². The van der Waals surface area contributed by atoms with E-state index >= 15 is 0 Å². The van der Waals surface area contributed by atoms with Crippen molar-refractivity contribution in [2.75, 3.05) is 0 Å². The van der Waals surface area contributed by atoms with Crippen LogP contribution in [0.3, 0.4) is 0 Å². The van der Waals surface area contributed by atoms with Crippen LogP contribution < -0.4 is 5.73 Å². The molecule has 2 aromatic rings. The van der Waals surface area contributed by atoms with Crippen LogP contribution in [0.5, 0.6) is 0 Å². The average Bonchev–Trinajstić information content (AvgIpc) is 2.82. The van der Waals surface area contributed by atoms with Crippen molar-refractivity contribution in [2.45, 2.75) is 58.0 Å². The van der Waals surface area contributed by atoms with Gasteiger partial charge in [-0.25, -0.2) is 4.98 Å². The molecule has 0 saturated carbocycles. The summed E-state index contributed by atoms with van der Waals surface area (Å²) in [5.74, 6) is 1.16. The number of fused-ring (bicyclic) bond motifs is 1. The third-order valence-corrected chi connectivity index (χ3v) is 3.79. The zero-order valence-corrected chi connectivity index (χ0v) is 13.0. The Balaban J connectivity index is 2.07. The number of hydrogen-bond acceptors (Lipinski definition) is 3. The number of aryl methyl sites for hydroxylation is 2. The molecule has 21 heavy (non-hydrogen) atoms. The lowest BCUT2D eigenvalue weighted by molar-refractivity contribution is 0.486. The van der Waals surface area contributed by atoms with Crippen LogP contribution in [0.2, 0.25) is 0 Å². The maximum absolute atomic E-state index is 8.94. The second-order valence-corrected chi connectivity index (χ2v) is 5.90. The number of hydrogen-bond donors (Lipinski definition) is 1. The monoisotopic (exact) mass is 284 g/mol. The number of nitrogens with two attached hydrogens (primary N) is 1. The number of aromatic nitrogens is 2. The molecule has 0 bridgehead atoms. The summed E-state index contributed by atoms with van der Waals surface area (Å²) >= 11 is 0. The van der Waals surface area contributed by atoms with Crippen LogP contribution in [0.4, 0.5) is 0 Å². The van der Waals surface area contributed by atoms with E-state index in [1.54, 1.807) is 6.92 Å². The summed E-state index contributed by atoms with van der Waals surface area (Å²) in [6, 6.07) is 10.4. The van der Waals surface area contributed by atoms with Gasteiger partial charge in [-0.2, -0.15) is 5.26 Å². The predicted molar refractivity (Wildman–Crippen MR) is 85.8 cm³/mol. The zero-order valence-electron chi connectivity index (χ0n) is 13.0. The molecule has 0 aliphatic rings. The molecule has 112 valence electrons. The van der Waals surface area contributed by atoms with E-state index in [9.17, 15) is 0 Å². The normalized spacial score (nSPS) is 14.0. The van der Waals surface area contributed by atoms with Gasteiger partial charge in [0.05, 0.1) is 17.1 Å². The summed E-state index contributed by atoms with van der Waals surface area (Å²) in [5, 5.41) is 8.94. The van der Waals surface area contributed by atoms with E-state index in [2.05, 4.69) is 35.8 Å². The van der Waals surface area contributed by atoms with Gasteiger partial charge < -0.3 is 10.3 Å². The Morgan fingerprint density at radius 2 is 2.10 bits per heavy atom. The first-order valence-corrected chi connectivity index (χ1v) is 7.71. The first-order chi connectivity index (χ1) is 10.1. The van der Waals surface area contributed by atoms with Crippen LogP contribution in [0.15, 0.2) is 24.3 Å². The second-order valence-electron chi connectivity index (χ2n) is 5.90. The largest absolute Gasteiger partial charge is 0.328 e. The minimum absolute atomic E-state index is 0.705. The quantitative estimate of drug-likeness (QED) is 0.792. The molecule has 1 aromatic heterocycles. The Morgan fingerprint density at radius 3 is 2.81 bits per heavy atom. The highest BCUT2D eigenvalue weighted by atomic mass is 15.1. The number of benzene rings is 1. The summed E-state index contributed by atoms with van der Waals surface area (Å²) in [7, 11) is 0. The molecule has 2 rings (SSSR count).